The van der Waals surface area contributed by atoms with E-state index in [1.165, 1.54) is 0 Å². The molecular formula is C14H22N2O3S. The van der Waals surface area contributed by atoms with E-state index in [9.17, 15) is 8.42 Å². The molecule has 1 aromatic rings. The first kappa shape index (κ1) is 15.3. The first-order chi connectivity index (χ1) is 9.42. The van der Waals surface area contributed by atoms with Crippen LogP contribution in [0.2, 0.25) is 0 Å². The molecule has 0 radical (unpaired) electrons. The minimum absolute atomic E-state index is 0.250. The van der Waals surface area contributed by atoms with E-state index in [1.807, 2.05) is 0 Å². The van der Waals surface area contributed by atoms with Crippen LogP contribution in [0.1, 0.15) is 24.0 Å². The molecule has 6 heteroatoms. The van der Waals surface area contributed by atoms with E-state index >= 15 is 0 Å². The van der Waals surface area contributed by atoms with Gasteiger partial charge < -0.3 is 10.5 Å². The van der Waals surface area contributed by atoms with Gasteiger partial charge in [0.2, 0.25) is 10.0 Å². The second kappa shape index (κ2) is 6.11. The van der Waals surface area contributed by atoms with Gasteiger partial charge in [-0.1, -0.05) is 6.07 Å². The summed E-state index contributed by atoms with van der Waals surface area (Å²) in [5, 5.41) is 0. The Morgan fingerprint density at radius 3 is 2.80 bits per heavy atom. The van der Waals surface area contributed by atoms with Crippen molar-refractivity contribution in [1.29, 1.82) is 0 Å². The van der Waals surface area contributed by atoms with Gasteiger partial charge in [-0.15, -0.1) is 0 Å². The van der Waals surface area contributed by atoms with E-state index in [0.29, 0.717) is 34.9 Å². The van der Waals surface area contributed by atoms with Crippen molar-refractivity contribution in [2.75, 3.05) is 25.5 Å². The fraction of sp³-hybridized carbons (Fsp3) is 0.571. The molecule has 5 nitrogen and oxygen atoms in total. The van der Waals surface area contributed by atoms with Gasteiger partial charge in [0.05, 0.1) is 11.5 Å². The van der Waals surface area contributed by atoms with E-state index in [2.05, 4.69) is 4.72 Å². The maximum atomic E-state index is 12.5. The minimum atomic E-state index is -3.53. The highest BCUT2D eigenvalue weighted by atomic mass is 32.2. The number of nitrogen functional groups attached to an aromatic ring is 1. The lowest BCUT2D eigenvalue weighted by Gasteiger charge is -2.22. The first-order valence-electron chi connectivity index (χ1n) is 6.85. The van der Waals surface area contributed by atoms with E-state index in [-0.39, 0.29) is 5.92 Å². The van der Waals surface area contributed by atoms with Crippen molar-refractivity contribution in [3.05, 3.63) is 23.3 Å². The van der Waals surface area contributed by atoms with Gasteiger partial charge in [0.1, 0.15) is 0 Å². The summed E-state index contributed by atoms with van der Waals surface area (Å²) in [6.07, 6.45) is 1.99. The fourth-order valence-corrected chi connectivity index (χ4v) is 4.14. The third kappa shape index (κ3) is 3.31. The molecule has 1 aliphatic rings. The summed E-state index contributed by atoms with van der Waals surface area (Å²) in [7, 11) is -3.53. The van der Waals surface area contributed by atoms with E-state index in [4.69, 9.17) is 10.5 Å². The molecule has 2 rings (SSSR count). The Kier molecular flexibility index (Phi) is 4.67. The van der Waals surface area contributed by atoms with Gasteiger partial charge in [-0.25, -0.2) is 13.1 Å². The number of hydrogen-bond acceptors (Lipinski definition) is 4. The maximum absolute atomic E-state index is 12.5. The molecule has 0 aromatic heterocycles. The summed E-state index contributed by atoms with van der Waals surface area (Å²) in [5.41, 5.74) is 7.63. The van der Waals surface area contributed by atoms with Gasteiger partial charge in [0, 0.05) is 18.8 Å². The van der Waals surface area contributed by atoms with E-state index in [0.717, 1.165) is 19.4 Å². The Labute approximate surface area is 120 Å². The summed E-state index contributed by atoms with van der Waals surface area (Å²) < 4.78 is 33.0. The lowest BCUT2D eigenvalue weighted by Crippen LogP contribution is -2.34. The van der Waals surface area contributed by atoms with Crippen molar-refractivity contribution in [3.8, 4) is 0 Å². The zero-order valence-electron chi connectivity index (χ0n) is 12.0. The van der Waals surface area contributed by atoms with Crippen LogP contribution in [0.25, 0.3) is 0 Å². The zero-order valence-corrected chi connectivity index (χ0v) is 12.8. The summed E-state index contributed by atoms with van der Waals surface area (Å²) in [6.45, 7) is 5.33. The second-order valence-corrected chi connectivity index (χ2v) is 7.06. The number of benzene rings is 1. The van der Waals surface area contributed by atoms with Crippen LogP contribution in [0.5, 0.6) is 0 Å². The van der Waals surface area contributed by atoms with Gasteiger partial charge >= 0.3 is 0 Å². The van der Waals surface area contributed by atoms with Crippen LogP contribution in [-0.4, -0.2) is 28.2 Å². The van der Waals surface area contributed by atoms with Crippen LogP contribution in [0, 0.1) is 19.8 Å². The third-order valence-corrected chi connectivity index (χ3v) is 5.44. The lowest BCUT2D eigenvalue weighted by atomic mass is 10.0. The Morgan fingerprint density at radius 2 is 2.15 bits per heavy atom. The highest BCUT2D eigenvalue weighted by Crippen LogP contribution is 2.25. The van der Waals surface area contributed by atoms with Gasteiger partial charge in [0.15, 0.2) is 0 Å². The molecule has 0 spiro atoms. The number of rotatable bonds is 4. The average molecular weight is 298 g/mol. The molecule has 1 atom stereocenters. The van der Waals surface area contributed by atoms with Crippen LogP contribution < -0.4 is 10.5 Å². The third-order valence-electron chi connectivity index (χ3n) is 3.73. The molecule has 20 heavy (non-hydrogen) atoms. The quantitative estimate of drug-likeness (QED) is 0.827. The molecule has 0 amide bonds. The van der Waals surface area contributed by atoms with E-state index in [1.54, 1.807) is 26.0 Å². The largest absolute Gasteiger partial charge is 0.398 e. The topological polar surface area (TPSA) is 81.4 Å². The SMILES string of the molecule is Cc1ccc(N)c(C)c1S(=O)(=O)NCC1CCCOC1. The summed E-state index contributed by atoms with van der Waals surface area (Å²) in [6, 6.07) is 3.47. The standard InChI is InChI=1S/C14H22N2O3S/c1-10-5-6-13(15)11(2)14(10)20(17,18)16-8-12-4-3-7-19-9-12/h5-6,12,16H,3-4,7-9,15H2,1-2H3. The number of nitrogens with two attached hydrogens (primary N) is 1. The predicted molar refractivity (Wildman–Crippen MR) is 79.1 cm³/mol. The fourth-order valence-electron chi connectivity index (χ4n) is 2.52. The van der Waals surface area contributed by atoms with Crippen molar-refractivity contribution in [1.82, 2.24) is 4.72 Å². The van der Waals surface area contributed by atoms with Gasteiger partial charge in [-0.05, 0) is 49.8 Å². The molecule has 1 aliphatic heterocycles. The molecule has 0 aliphatic carbocycles. The first-order valence-corrected chi connectivity index (χ1v) is 8.33. The molecule has 1 heterocycles. The van der Waals surface area contributed by atoms with Gasteiger partial charge in [0.25, 0.3) is 0 Å². The lowest BCUT2D eigenvalue weighted by molar-refractivity contribution is 0.0568. The molecule has 3 N–H and O–H groups in total. The molecule has 1 fully saturated rings. The maximum Gasteiger partial charge on any atom is 0.241 e. The number of anilines is 1. The van der Waals surface area contributed by atoms with Crippen molar-refractivity contribution >= 4 is 15.7 Å². The molecule has 1 saturated heterocycles. The predicted octanol–water partition coefficient (Wildman–Crippen LogP) is 1.59. The van der Waals surface area contributed by atoms with Crippen LogP contribution in [0.3, 0.4) is 0 Å². The van der Waals surface area contributed by atoms with Crippen LogP contribution >= 0.6 is 0 Å². The number of hydrogen-bond donors (Lipinski definition) is 2. The Bertz CT molecular complexity index is 578. The highest BCUT2D eigenvalue weighted by Gasteiger charge is 2.23. The molecule has 1 unspecified atom stereocenters. The number of sulfonamides is 1. The molecule has 1 aromatic carbocycles. The van der Waals surface area contributed by atoms with Crippen LogP contribution in [0.4, 0.5) is 5.69 Å². The highest BCUT2D eigenvalue weighted by molar-refractivity contribution is 7.89. The van der Waals surface area contributed by atoms with E-state index < -0.39 is 10.0 Å². The molecule has 0 saturated carbocycles. The molecule has 112 valence electrons. The summed E-state index contributed by atoms with van der Waals surface area (Å²) >= 11 is 0. The van der Waals surface area contributed by atoms with Crippen molar-refractivity contribution in [3.63, 3.8) is 0 Å². The normalized spacial score (nSPS) is 20.0. The summed E-state index contributed by atoms with van der Waals surface area (Å²) in [5.74, 6) is 0.250. The van der Waals surface area contributed by atoms with Crippen LogP contribution in [-0.2, 0) is 14.8 Å². The smallest absolute Gasteiger partial charge is 0.241 e. The Hall–Kier alpha value is -1.11. The number of aryl methyl sites for hydroxylation is 1. The minimum Gasteiger partial charge on any atom is -0.398 e. The van der Waals surface area contributed by atoms with Crippen molar-refractivity contribution in [2.24, 2.45) is 5.92 Å². The number of ether oxygens (including phenoxy) is 1. The number of nitrogens with one attached hydrogen (secondary N) is 1. The second-order valence-electron chi connectivity index (χ2n) is 5.36. The molecule has 0 bridgehead atoms. The van der Waals surface area contributed by atoms with Gasteiger partial charge in [-0.3, -0.25) is 0 Å². The molecular weight excluding hydrogens is 276 g/mol. The Balaban J connectivity index is 2.16. The zero-order chi connectivity index (χ0) is 14.8. The summed E-state index contributed by atoms with van der Waals surface area (Å²) in [4.78, 5) is 0.300. The Morgan fingerprint density at radius 1 is 1.40 bits per heavy atom. The average Bonchev–Trinajstić information content (AvgIpc) is 2.42. The monoisotopic (exact) mass is 298 g/mol. The van der Waals surface area contributed by atoms with Crippen molar-refractivity contribution < 1.29 is 13.2 Å². The van der Waals surface area contributed by atoms with Crippen molar-refractivity contribution in [2.45, 2.75) is 31.6 Å². The van der Waals surface area contributed by atoms with Crippen LogP contribution in [0.15, 0.2) is 17.0 Å². The van der Waals surface area contributed by atoms with Gasteiger partial charge in [-0.2, -0.15) is 0 Å².